The van der Waals surface area contributed by atoms with E-state index in [4.69, 9.17) is 0 Å². The van der Waals surface area contributed by atoms with Crippen LogP contribution in [0.2, 0.25) is 0 Å². The molecule has 0 bridgehead atoms. The molecule has 0 aliphatic carbocycles. The zero-order valence-corrected chi connectivity index (χ0v) is 16.0. The molecule has 0 spiro atoms. The summed E-state index contributed by atoms with van der Waals surface area (Å²) in [6, 6.07) is 6.99. The third-order valence-corrected chi connectivity index (χ3v) is 5.82. The van der Waals surface area contributed by atoms with Crippen molar-refractivity contribution < 1.29 is 30.4 Å². The van der Waals surface area contributed by atoms with Gasteiger partial charge in [-0.1, -0.05) is 18.2 Å². The second kappa shape index (κ2) is 8.54. The number of rotatable bonds is 7. The molecule has 2 aromatic rings. The molecular weight excluding hydrogens is 403 g/mol. The predicted molar refractivity (Wildman–Crippen MR) is 94.0 cm³/mol. The lowest BCUT2D eigenvalue weighted by atomic mass is 10.2. The molecule has 0 radical (unpaired) electrons. The standard InChI is InChI=1S/C18H19F5N2O2S/c1-24(2)9-10-25(12-13-5-3-4-6-16(13)19)28(26,27)14-7-8-17(20)15(11-14)18(21,22)23/h3-8,11H,9-10,12H2,1-2H3. The van der Waals surface area contributed by atoms with Crippen molar-refractivity contribution in [1.82, 2.24) is 9.21 Å². The first-order valence-corrected chi connectivity index (χ1v) is 9.62. The minimum absolute atomic E-state index is 0.0722. The molecule has 0 aliphatic rings. The van der Waals surface area contributed by atoms with Gasteiger partial charge in [-0.2, -0.15) is 17.5 Å². The molecule has 0 amide bonds. The summed E-state index contributed by atoms with van der Waals surface area (Å²) in [4.78, 5) is 0.965. The molecule has 0 saturated heterocycles. The van der Waals surface area contributed by atoms with E-state index in [0.29, 0.717) is 6.07 Å². The van der Waals surface area contributed by atoms with Crippen LogP contribution >= 0.6 is 0 Å². The third kappa shape index (κ3) is 5.27. The molecule has 0 aromatic heterocycles. The van der Waals surface area contributed by atoms with Gasteiger partial charge in [0.1, 0.15) is 11.6 Å². The molecule has 2 rings (SSSR count). The van der Waals surface area contributed by atoms with Crippen LogP contribution < -0.4 is 0 Å². The van der Waals surface area contributed by atoms with E-state index < -0.39 is 38.3 Å². The Hall–Kier alpha value is -2.04. The Morgan fingerprint density at radius 3 is 2.14 bits per heavy atom. The minimum Gasteiger partial charge on any atom is -0.308 e. The zero-order chi connectivity index (χ0) is 21.1. The molecule has 0 fully saturated rings. The number of nitrogens with zero attached hydrogens (tertiary/aromatic N) is 2. The molecule has 0 atom stereocenters. The Balaban J connectivity index is 2.47. The number of halogens is 5. The Morgan fingerprint density at radius 1 is 0.929 bits per heavy atom. The van der Waals surface area contributed by atoms with Crippen molar-refractivity contribution in [2.24, 2.45) is 0 Å². The highest BCUT2D eigenvalue weighted by atomic mass is 32.2. The van der Waals surface area contributed by atoms with Crippen LogP contribution in [0.15, 0.2) is 47.4 Å². The lowest BCUT2D eigenvalue weighted by Crippen LogP contribution is -2.36. The fourth-order valence-electron chi connectivity index (χ4n) is 2.44. The lowest BCUT2D eigenvalue weighted by molar-refractivity contribution is -0.140. The summed E-state index contributed by atoms with van der Waals surface area (Å²) >= 11 is 0. The van der Waals surface area contributed by atoms with E-state index in [1.165, 1.54) is 18.2 Å². The minimum atomic E-state index is -5.05. The van der Waals surface area contributed by atoms with Gasteiger partial charge in [-0.3, -0.25) is 0 Å². The van der Waals surface area contributed by atoms with Gasteiger partial charge in [0.2, 0.25) is 10.0 Å². The topological polar surface area (TPSA) is 40.6 Å². The Bertz CT molecular complexity index is 930. The fraction of sp³-hybridized carbons (Fsp3) is 0.333. The van der Waals surface area contributed by atoms with Crippen LogP contribution in [0.25, 0.3) is 0 Å². The molecule has 28 heavy (non-hydrogen) atoms. The quantitative estimate of drug-likeness (QED) is 0.639. The van der Waals surface area contributed by atoms with Gasteiger partial charge >= 0.3 is 6.18 Å². The Kier molecular flexibility index (Phi) is 6.79. The maximum atomic E-state index is 14.0. The summed E-state index contributed by atoms with van der Waals surface area (Å²) < 4.78 is 93.2. The summed E-state index contributed by atoms with van der Waals surface area (Å²) in [6.07, 6.45) is -5.05. The normalized spacial score (nSPS) is 12.8. The van der Waals surface area contributed by atoms with Gasteiger partial charge in [0, 0.05) is 25.2 Å². The molecule has 10 heteroatoms. The highest BCUT2D eigenvalue weighted by Gasteiger charge is 2.36. The first-order valence-electron chi connectivity index (χ1n) is 8.18. The second-order valence-corrected chi connectivity index (χ2v) is 8.31. The summed E-state index contributed by atoms with van der Waals surface area (Å²) in [5, 5.41) is 0. The van der Waals surface area contributed by atoms with Crippen molar-refractivity contribution in [2.75, 3.05) is 27.2 Å². The van der Waals surface area contributed by atoms with Gasteiger partial charge in [0.25, 0.3) is 0 Å². The van der Waals surface area contributed by atoms with Gasteiger partial charge in [0.15, 0.2) is 0 Å². The first-order chi connectivity index (χ1) is 12.9. The van der Waals surface area contributed by atoms with Crippen LogP contribution in [-0.2, 0) is 22.7 Å². The van der Waals surface area contributed by atoms with Gasteiger partial charge < -0.3 is 4.90 Å². The van der Waals surface area contributed by atoms with Crippen LogP contribution in [0.4, 0.5) is 22.0 Å². The molecular formula is C18H19F5N2O2S. The van der Waals surface area contributed by atoms with E-state index >= 15 is 0 Å². The number of hydrogen-bond donors (Lipinski definition) is 0. The van der Waals surface area contributed by atoms with Crippen LogP contribution in [0.3, 0.4) is 0 Å². The lowest BCUT2D eigenvalue weighted by Gasteiger charge is -2.24. The average molecular weight is 422 g/mol. The van der Waals surface area contributed by atoms with Gasteiger partial charge in [-0.15, -0.1) is 0 Å². The van der Waals surface area contributed by atoms with E-state index in [-0.39, 0.29) is 31.3 Å². The predicted octanol–water partition coefficient (Wildman–Crippen LogP) is 3.74. The van der Waals surface area contributed by atoms with E-state index in [9.17, 15) is 30.4 Å². The smallest absolute Gasteiger partial charge is 0.308 e. The van der Waals surface area contributed by atoms with Crippen molar-refractivity contribution >= 4 is 10.0 Å². The Morgan fingerprint density at radius 2 is 1.57 bits per heavy atom. The van der Waals surface area contributed by atoms with Gasteiger partial charge in [-0.25, -0.2) is 17.2 Å². The number of alkyl halides is 3. The summed E-state index contributed by atoms with van der Waals surface area (Å²) in [5.74, 6) is -2.21. The van der Waals surface area contributed by atoms with Crippen molar-refractivity contribution in [3.05, 3.63) is 65.2 Å². The van der Waals surface area contributed by atoms with Crippen LogP contribution in [0.5, 0.6) is 0 Å². The number of benzene rings is 2. The maximum absolute atomic E-state index is 14.0. The molecule has 0 aliphatic heterocycles. The van der Waals surface area contributed by atoms with Crippen molar-refractivity contribution in [2.45, 2.75) is 17.6 Å². The summed E-state index contributed by atoms with van der Waals surface area (Å²) in [6.45, 7) is -0.217. The van der Waals surface area contributed by atoms with E-state index in [0.717, 1.165) is 16.4 Å². The number of sulfonamides is 1. The molecule has 154 valence electrons. The number of likely N-dealkylation sites (N-methyl/N-ethyl adjacent to an activating group) is 1. The molecule has 0 saturated carbocycles. The highest BCUT2D eigenvalue weighted by molar-refractivity contribution is 7.89. The van der Waals surface area contributed by atoms with E-state index in [1.54, 1.807) is 19.0 Å². The van der Waals surface area contributed by atoms with Crippen LogP contribution in [-0.4, -0.2) is 44.8 Å². The average Bonchev–Trinajstić information content (AvgIpc) is 2.58. The van der Waals surface area contributed by atoms with Gasteiger partial charge in [-0.05, 0) is 38.4 Å². The van der Waals surface area contributed by atoms with Gasteiger partial charge in [0.05, 0.1) is 10.5 Å². The van der Waals surface area contributed by atoms with Crippen molar-refractivity contribution in [3.63, 3.8) is 0 Å². The fourth-order valence-corrected chi connectivity index (χ4v) is 3.88. The second-order valence-electron chi connectivity index (χ2n) is 6.37. The highest BCUT2D eigenvalue weighted by Crippen LogP contribution is 2.33. The molecule has 0 heterocycles. The van der Waals surface area contributed by atoms with Crippen LogP contribution in [0, 0.1) is 11.6 Å². The zero-order valence-electron chi connectivity index (χ0n) is 15.2. The molecule has 4 nitrogen and oxygen atoms in total. The van der Waals surface area contributed by atoms with Crippen LogP contribution in [0.1, 0.15) is 11.1 Å². The SMILES string of the molecule is CN(C)CCN(Cc1ccccc1F)S(=O)(=O)c1ccc(F)c(C(F)(F)F)c1. The molecule has 0 N–H and O–H groups in total. The third-order valence-electron chi connectivity index (χ3n) is 3.98. The molecule has 2 aromatic carbocycles. The summed E-state index contributed by atoms with van der Waals surface area (Å²) in [7, 11) is -1.06. The van der Waals surface area contributed by atoms with Crippen molar-refractivity contribution in [3.8, 4) is 0 Å². The Labute approximate surface area is 160 Å². The maximum Gasteiger partial charge on any atom is 0.419 e. The molecule has 0 unspecified atom stereocenters. The monoisotopic (exact) mass is 422 g/mol. The van der Waals surface area contributed by atoms with E-state index in [2.05, 4.69) is 0 Å². The number of hydrogen-bond acceptors (Lipinski definition) is 3. The first kappa shape index (κ1) is 22.3. The largest absolute Gasteiger partial charge is 0.419 e. The van der Waals surface area contributed by atoms with Crippen molar-refractivity contribution in [1.29, 1.82) is 0 Å². The summed E-state index contributed by atoms with van der Waals surface area (Å²) in [5.41, 5.74) is -1.60. The van der Waals surface area contributed by atoms with E-state index in [1.807, 2.05) is 0 Å².